The van der Waals surface area contributed by atoms with Crippen LogP contribution in [-0.4, -0.2) is 23.3 Å². The lowest BCUT2D eigenvalue weighted by Crippen LogP contribution is -2.28. The number of carbonyl (C=O) groups is 2. The lowest BCUT2D eigenvalue weighted by molar-refractivity contribution is 0.0942. The molecule has 0 saturated carbocycles. The van der Waals surface area contributed by atoms with Gasteiger partial charge in [0.1, 0.15) is 17.2 Å². The van der Waals surface area contributed by atoms with Crippen LogP contribution in [0.15, 0.2) is 42.5 Å². The number of pyridine rings is 1. The number of hydrogen-bond acceptors (Lipinski definition) is 3. The molecule has 1 heterocycles. The lowest BCUT2D eigenvalue weighted by atomic mass is 10.2. The molecule has 0 atom stereocenters. The van der Waals surface area contributed by atoms with E-state index in [2.05, 4.69) is 15.6 Å². The molecule has 0 saturated heterocycles. The van der Waals surface area contributed by atoms with Gasteiger partial charge in [-0.2, -0.15) is 0 Å². The first kappa shape index (κ1) is 16.6. The fourth-order valence-electron chi connectivity index (χ4n) is 1.92. The quantitative estimate of drug-likeness (QED) is 0.859. The second kappa shape index (κ2) is 8.03. The minimum Gasteiger partial charge on any atom is -0.351 e. The fraction of sp³-hybridized carbons (Fsp3) is 0.235. The van der Waals surface area contributed by atoms with E-state index in [-0.39, 0.29) is 29.7 Å². The van der Waals surface area contributed by atoms with Crippen LogP contribution in [0.5, 0.6) is 0 Å². The molecule has 2 amide bonds. The van der Waals surface area contributed by atoms with Crippen LogP contribution < -0.4 is 10.6 Å². The van der Waals surface area contributed by atoms with Gasteiger partial charge in [0.25, 0.3) is 11.8 Å². The molecule has 0 unspecified atom stereocenters. The van der Waals surface area contributed by atoms with E-state index in [0.717, 1.165) is 6.42 Å². The molecule has 0 spiro atoms. The summed E-state index contributed by atoms with van der Waals surface area (Å²) in [5, 5.41) is 5.29. The van der Waals surface area contributed by atoms with Crippen molar-refractivity contribution >= 4 is 11.8 Å². The number of amides is 2. The Hall–Kier alpha value is -2.76. The van der Waals surface area contributed by atoms with E-state index in [1.807, 2.05) is 6.92 Å². The van der Waals surface area contributed by atoms with Gasteiger partial charge < -0.3 is 10.6 Å². The van der Waals surface area contributed by atoms with E-state index >= 15 is 0 Å². The molecule has 2 rings (SSSR count). The van der Waals surface area contributed by atoms with Crippen molar-refractivity contribution in [2.45, 2.75) is 19.9 Å². The summed E-state index contributed by atoms with van der Waals surface area (Å²) in [6.07, 6.45) is 0.814. The number of aromatic nitrogens is 1. The van der Waals surface area contributed by atoms with Crippen molar-refractivity contribution in [2.24, 2.45) is 0 Å². The number of halogens is 1. The molecule has 0 radical (unpaired) electrons. The third-order valence-corrected chi connectivity index (χ3v) is 3.15. The zero-order valence-corrected chi connectivity index (χ0v) is 12.8. The van der Waals surface area contributed by atoms with Crippen molar-refractivity contribution in [3.63, 3.8) is 0 Å². The largest absolute Gasteiger partial charge is 0.351 e. The van der Waals surface area contributed by atoms with Gasteiger partial charge in [0.15, 0.2) is 0 Å². The maximum absolute atomic E-state index is 13.5. The normalized spacial score (nSPS) is 10.2. The van der Waals surface area contributed by atoms with Crippen LogP contribution >= 0.6 is 0 Å². The minimum absolute atomic E-state index is 0.0550. The number of benzene rings is 1. The number of rotatable bonds is 6. The van der Waals surface area contributed by atoms with E-state index in [9.17, 15) is 14.0 Å². The Labute approximate surface area is 133 Å². The first-order chi connectivity index (χ1) is 11.1. The smallest absolute Gasteiger partial charge is 0.270 e. The molecule has 6 heteroatoms. The van der Waals surface area contributed by atoms with Gasteiger partial charge in [-0.1, -0.05) is 31.2 Å². The molecular weight excluding hydrogens is 297 g/mol. The van der Waals surface area contributed by atoms with Crippen molar-refractivity contribution in [1.29, 1.82) is 0 Å². The van der Waals surface area contributed by atoms with Gasteiger partial charge in [0.2, 0.25) is 0 Å². The molecule has 2 N–H and O–H groups in total. The van der Waals surface area contributed by atoms with Gasteiger partial charge in [-0.05, 0) is 24.6 Å². The van der Waals surface area contributed by atoms with Gasteiger partial charge in [-0.25, -0.2) is 9.37 Å². The van der Waals surface area contributed by atoms with Crippen LogP contribution in [0.3, 0.4) is 0 Å². The molecule has 0 fully saturated rings. The lowest BCUT2D eigenvalue weighted by Gasteiger charge is -2.07. The summed E-state index contributed by atoms with van der Waals surface area (Å²) in [7, 11) is 0. The average molecular weight is 315 g/mol. The monoisotopic (exact) mass is 315 g/mol. The van der Waals surface area contributed by atoms with Crippen LogP contribution in [0.2, 0.25) is 0 Å². The zero-order valence-electron chi connectivity index (χ0n) is 12.8. The second-order valence-corrected chi connectivity index (χ2v) is 4.94. The SMILES string of the molecule is CCCNC(=O)c1cccc(C(=O)NCc2ccccc2F)n1. The Morgan fingerprint density at radius 2 is 1.65 bits per heavy atom. The number of carbonyl (C=O) groups excluding carboxylic acids is 2. The molecule has 1 aromatic heterocycles. The van der Waals surface area contributed by atoms with Crippen molar-refractivity contribution in [3.8, 4) is 0 Å². The summed E-state index contributed by atoms with van der Waals surface area (Å²) >= 11 is 0. The Kier molecular flexibility index (Phi) is 5.80. The Morgan fingerprint density at radius 1 is 1.00 bits per heavy atom. The number of nitrogens with zero attached hydrogens (tertiary/aromatic N) is 1. The van der Waals surface area contributed by atoms with E-state index in [1.165, 1.54) is 12.1 Å². The molecular formula is C17H18FN3O2. The van der Waals surface area contributed by atoms with E-state index in [1.54, 1.807) is 30.3 Å². The van der Waals surface area contributed by atoms with Gasteiger partial charge in [0, 0.05) is 18.7 Å². The highest BCUT2D eigenvalue weighted by Crippen LogP contribution is 2.06. The van der Waals surface area contributed by atoms with E-state index < -0.39 is 5.91 Å². The summed E-state index contributed by atoms with van der Waals surface area (Å²) in [6.45, 7) is 2.55. The van der Waals surface area contributed by atoms with Gasteiger partial charge in [0.05, 0.1) is 0 Å². The summed E-state index contributed by atoms with van der Waals surface area (Å²) in [5.74, 6) is -1.16. The topological polar surface area (TPSA) is 71.1 Å². The van der Waals surface area contributed by atoms with Crippen molar-refractivity contribution in [3.05, 3.63) is 65.2 Å². The molecule has 1 aromatic carbocycles. The third kappa shape index (κ3) is 4.60. The van der Waals surface area contributed by atoms with E-state index in [0.29, 0.717) is 12.1 Å². The van der Waals surface area contributed by atoms with Gasteiger partial charge in [-0.15, -0.1) is 0 Å². The first-order valence-electron chi connectivity index (χ1n) is 7.38. The fourth-order valence-corrected chi connectivity index (χ4v) is 1.92. The number of hydrogen-bond donors (Lipinski definition) is 2. The summed E-state index contributed by atoms with van der Waals surface area (Å²) in [5.41, 5.74) is 0.681. The molecule has 0 aliphatic heterocycles. The van der Waals surface area contributed by atoms with Crippen LogP contribution in [0.25, 0.3) is 0 Å². The van der Waals surface area contributed by atoms with Crippen LogP contribution in [0.4, 0.5) is 4.39 Å². The maximum Gasteiger partial charge on any atom is 0.270 e. The predicted octanol–water partition coefficient (Wildman–Crippen LogP) is 2.29. The Balaban J connectivity index is 2.02. The Morgan fingerprint density at radius 3 is 2.30 bits per heavy atom. The zero-order chi connectivity index (χ0) is 16.7. The second-order valence-electron chi connectivity index (χ2n) is 4.94. The standard InChI is InChI=1S/C17H18FN3O2/c1-2-10-19-16(22)14-8-5-9-15(21-14)17(23)20-11-12-6-3-4-7-13(12)18/h3-9H,2,10-11H2,1H3,(H,19,22)(H,20,23). The molecule has 0 aliphatic rings. The summed E-state index contributed by atoms with van der Waals surface area (Å²) in [6, 6.07) is 10.8. The highest BCUT2D eigenvalue weighted by atomic mass is 19.1. The first-order valence-corrected chi connectivity index (χ1v) is 7.38. The maximum atomic E-state index is 13.5. The minimum atomic E-state index is -0.460. The number of nitrogens with one attached hydrogen (secondary N) is 2. The van der Waals surface area contributed by atoms with Crippen molar-refractivity contribution in [2.75, 3.05) is 6.54 Å². The molecule has 23 heavy (non-hydrogen) atoms. The van der Waals surface area contributed by atoms with Gasteiger partial charge in [-0.3, -0.25) is 9.59 Å². The van der Waals surface area contributed by atoms with Crippen molar-refractivity contribution < 1.29 is 14.0 Å². The van der Waals surface area contributed by atoms with Crippen LogP contribution in [0, 0.1) is 5.82 Å². The van der Waals surface area contributed by atoms with Gasteiger partial charge >= 0.3 is 0 Å². The van der Waals surface area contributed by atoms with Crippen molar-refractivity contribution in [1.82, 2.24) is 15.6 Å². The summed E-state index contributed by atoms with van der Waals surface area (Å²) < 4.78 is 13.5. The molecule has 0 bridgehead atoms. The molecule has 120 valence electrons. The van der Waals surface area contributed by atoms with Crippen LogP contribution in [0.1, 0.15) is 39.9 Å². The summed E-state index contributed by atoms with van der Waals surface area (Å²) in [4.78, 5) is 28.0. The predicted molar refractivity (Wildman–Crippen MR) is 84.4 cm³/mol. The molecule has 2 aromatic rings. The highest BCUT2D eigenvalue weighted by molar-refractivity contribution is 5.96. The highest BCUT2D eigenvalue weighted by Gasteiger charge is 2.12. The molecule has 0 aliphatic carbocycles. The van der Waals surface area contributed by atoms with Crippen LogP contribution in [-0.2, 0) is 6.54 Å². The average Bonchev–Trinajstić information content (AvgIpc) is 2.58. The molecule has 5 nitrogen and oxygen atoms in total. The Bertz CT molecular complexity index is 704. The third-order valence-electron chi connectivity index (χ3n) is 3.15. The van der Waals surface area contributed by atoms with E-state index in [4.69, 9.17) is 0 Å².